The average Bonchev–Trinajstić information content (AvgIpc) is 2.57. The molecule has 3 N–H and O–H groups in total. The van der Waals surface area contributed by atoms with Gasteiger partial charge in [0.25, 0.3) is 5.91 Å². The predicted octanol–water partition coefficient (Wildman–Crippen LogP) is 3.37. The number of amides is 1. The lowest BCUT2D eigenvalue weighted by atomic mass is 10.1. The Kier molecular flexibility index (Phi) is 8.09. The van der Waals surface area contributed by atoms with Crippen LogP contribution in [-0.4, -0.2) is 34.9 Å². The van der Waals surface area contributed by atoms with E-state index in [1.165, 1.54) is 6.07 Å². The molecule has 8 heteroatoms. The van der Waals surface area contributed by atoms with E-state index >= 15 is 0 Å². The van der Waals surface area contributed by atoms with Gasteiger partial charge in [-0.3, -0.25) is 4.79 Å². The minimum Gasteiger partial charge on any atom is -0.338 e. The van der Waals surface area contributed by atoms with E-state index in [4.69, 9.17) is 5.73 Å². The number of carbonyl (C=O) groups is 1. The fourth-order valence-electron chi connectivity index (χ4n) is 2.64. The van der Waals surface area contributed by atoms with Crippen molar-refractivity contribution in [1.29, 1.82) is 0 Å². The molecule has 0 saturated carbocycles. The van der Waals surface area contributed by atoms with E-state index in [-0.39, 0.29) is 42.6 Å². The molecule has 1 saturated heterocycles. The zero-order chi connectivity index (χ0) is 16.2. The van der Waals surface area contributed by atoms with Crippen LogP contribution < -0.4 is 11.1 Å². The number of likely N-dealkylation sites (tertiary alicyclic amines) is 1. The molecule has 0 aliphatic carbocycles. The molecule has 2 aromatic rings. The van der Waals surface area contributed by atoms with Crippen LogP contribution in [0.5, 0.6) is 0 Å². The van der Waals surface area contributed by atoms with Gasteiger partial charge < -0.3 is 16.0 Å². The van der Waals surface area contributed by atoms with E-state index < -0.39 is 0 Å². The number of aromatic nitrogens is 1. The molecular formula is C17H21Cl2FN4O. The van der Waals surface area contributed by atoms with Gasteiger partial charge >= 0.3 is 0 Å². The van der Waals surface area contributed by atoms with Crippen LogP contribution in [0.1, 0.15) is 23.2 Å². The number of piperidine rings is 1. The van der Waals surface area contributed by atoms with E-state index in [1.807, 2.05) is 0 Å². The number of anilines is 2. The summed E-state index contributed by atoms with van der Waals surface area (Å²) < 4.78 is 13.8. The molecule has 1 aromatic heterocycles. The van der Waals surface area contributed by atoms with Crippen LogP contribution in [0.2, 0.25) is 0 Å². The van der Waals surface area contributed by atoms with Crippen molar-refractivity contribution in [3.05, 3.63) is 54.0 Å². The van der Waals surface area contributed by atoms with Crippen LogP contribution >= 0.6 is 24.8 Å². The monoisotopic (exact) mass is 386 g/mol. The third kappa shape index (κ3) is 5.04. The molecule has 0 atom stereocenters. The second-order valence-corrected chi connectivity index (χ2v) is 5.63. The summed E-state index contributed by atoms with van der Waals surface area (Å²) in [5.41, 5.74) is 6.61. The second-order valence-electron chi connectivity index (χ2n) is 5.63. The van der Waals surface area contributed by atoms with Crippen LogP contribution in [-0.2, 0) is 0 Å². The number of nitrogens with two attached hydrogens (primary N) is 1. The Morgan fingerprint density at radius 1 is 1.16 bits per heavy atom. The molecule has 2 heterocycles. The van der Waals surface area contributed by atoms with Gasteiger partial charge in [-0.25, -0.2) is 9.37 Å². The van der Waals surface area contributed by atoms with Crippen molar-refractivity contribution in [3.8, 4) is 0 Å². The molecule has 3 rings (SSSR count). The summed E-state index contributed by atoms with van der Waals surface area (Å²) in [6.07, 6.45) is 3.16. The highest BCUT2D eigenvalue weighted by atomic mass is 35.5. The number of halogens is 3. The van der Waals surface area contributed by atoms with Crippen molar-refractivity contribution < 1.29 is 9.18 Å². The molecule has 1 aliphatic heterocycles. The number of rotatable bonds is 3. The number of carbonyl (C=O) groups excluding carboxylic acids is 1. The summed E-state index contributed by atoms with van der Waals surface area (Å²) in [5.74, 6) is -0.137. The highest BCUT2D eigenvalue weighted by Gasteiger charge is 2.24. The van der Waals surface area contributed by atoms with Gasteiger partial charge in [0.05, 0.1) is 11.3 Å². The molecule has 1 amide bonds. The lowest BCUT2D eigenvalue weighted by Gasteiger charge is -2.30. The molecule has 136 valence electrons. The fraction of sp³-hybridized carbons (Fsp3) is 0.294. The number of para-hydroxylation sites is 1. The van der Waals surface area contributed by atoms with Gasteiger partial charge in [-0.1, -0.05) is 12.1 Å². The third-order valence-electron chi connectivity index (χ3n) is 3.99. The van der Waals surface area contributed by atoms with Crippen LogP contribution in [0.3, 0.4) is 0 Å². The lowest BCUT2D eigenvalue weighted by molar-refractivity contribution is 0.0715. The first-order valence-electron chi connectivity index (χ1n) is 7.66. The molecule has 1 fully saturated rings. The van der Waals surface area contributed by atoms with Crippen LogP contribution in [0.25, 0.3) is 0 Å². The molecule has 0 spiro atoms. The first-order valence-corrected chi connectivity index (χ1v) is 7.66. The third-order valence-corrected chi connectivity index (χ3v) is 3.99. The van der Waals surface area contributed by atoms with Gasteiger partial charge in [0, 0.05) is 25.3 Å². The molecule has 1 aromatic carbocycles. The second kappa shape index (κ2) is 9.56. The minimum atomic E-state index is -0.388. The summed E-state index contributed by atoms with van der Waals surface area (Å²) in [4.78, 5) is 18.7. The van der Waals surface area contributed by atoms with Gasteiger partial charge in [-0.05, 0) is 37.1 Å². The fourth-order valence-corrected chi connectivity index (χ4v) is 2.64. The molecular weight excluding hydrogens is 366 g/mol. The zero-order valence-corrected chi connectivity index (χ0v) is 15.2. The van der Waals surface area contributed by atoms with Gasteiger partial charge in [0.1, 0.15) is 11.6 Å². The van der Waals surface area contributed by atoms with E-state index in [1.54, 1.807) is 41.4 Å². The Labute approximate surface area is 158 Å². The Morgan fingerprint density at radius 3 is 2.52 bits per heavy atom. The van der Waals surface area contributed by atoms with Gasteiger partial charge in [-0.15, -0.1) is 24.8 Å². The van der Waals surface area contributed by atoms with Crippen LogP contribution in [0.15, 0.2) is 42.6 Å². The van der Waals surface area contributed by atoms with Gasteiger partial charge in [0.15, 0.2) is 0 Å². The van der Waals surface area contributed by atoms with Crippen molar-refractivity contribution in [2.24, 2.45) is 5.73 Å². The van der Waals surface area contributed by atoms with E-state index in [2.05, 4.69) is 10.3 Å². The molecule has 5 nitrogen and oxygen atoms in total. The van der Waals surface area contributed by atoms with Gasteiger partial charge in [-0.2, -0.15) is 0 Å². The van der Waals surface area contributed by atoms with Crippen molar-refractivity contribution in [3.63, 3.8) is 0 Å². The maximum atomic E-state index is 13.8. The summed E-state index contributed by atoms with van der Waals surface area (Å²) in [6.45, 7) is 1.27. The lowest BCUT2D eigenvalue weighted by Crippen LogP contribution is -2.43. The summed E-state index contributed by atoms with van der Waals surface area (Å²) >= 11 is 0. The summed E-state index contributed by atoms with van der Waals surface area (Å²) in [5, 5.41) is 2.91. The van der Waals surface area contributed by atoms with Crippen molar-refractivity contribution >= 4 is 42.2 Å². The Hall–Kier alpha value is -1.89. The predicted molar refractivity (Wildman–Crippen MR) is 102 cm³/mol. The first kappa shape index (κ1) is 21.2. The van der Waals surface area contributed by atoms with E-state index in [0.29, 0.717) is 30.2 Å². The molecule has 0 radical (unpaired) electrons. The SMILES string of the molecule is Cl.Cl.NC1CCN(C(=O)c2cccnc2Nc2ccccc2F)CC1. The number of pyridine rings is 1. The number of benzene rings is 1. The topological polar surface area (TPSA) is 71.2 Å². The summed E-state index contributed by atoms with van der Waals surface area (Å²) in [6, 6.07) is 9.87. The standard InChI is InChI=1S/C17H19FN4O.2ClH/c18-14-5-1-2-6-15(14)21-16-13(4-3-9-20-16)17(23)22-10-7-12(19)8-11-22;;/h1-6,9,12H,7-8,10-11,19H2,(H,20,21);2*1H. The van der Waals surface area contributed by atoms with Gasteiger partial charge in [0.2, 0.25) is 0 Å². The number of hydrogen-bond acceptors (Lipinski definition) is 4. The first-order chi connectivity index (χ1) is 11.1. The van der Waals surface area contributed by atoms with Crippen molar-refractivity contribution in [2.75, 3.05) is 18.4 Å². The highest BCUT2D eigenvalue weighted by Crippen LogP contribution is 2.23. The highest BCUT2D eigenvalue weighted by molar-refractivity contribution is 5.99. The quantitative estimate of drug-likeness (QED) is 0.847. The largest absolute Gasteiger partial charge is 0.338 e. The number of nitrogens with zero attached hydrogens (tertiary/aromatic N) is 2. The Balaban J connectivity index is 0.00000156. The molecule has 1 aliphatic rings. The van der Waals surface area contributed by atoms with Crippen molar-refractivity contribution in [2.45, 2.75) is 18.9 Å². The zero-order valence-electron chi connectivity index (χ0n) is 13.5. The molecule has 25 heavy (non-hydrogen) atoms. The number of hydrogen-bond donors (Lipinski definition) is 2. The van der Waals surface area contributed by atoms with E-state index in [9.17, 15) is 9.18 Å². The molecule has 0 unspecified atom stereocenters. The Bertz CT molecular complexity index is 709. The van der Waals surface area contributed by atoms with Crippen LogP contribution in [0, 0.1) is 5.82 Å². The summed E-state index contributed by atoms with van der Waals surface area (Å²) in [7, 11) is 0. The smallest absolute Gasteiger partial charge is 0.257 e. The van der Waals surface area contributed by atoms with Crippen molar-refractivity contribution in [1.82, 2.24) is 9.88 Å². The van der Waals surface area contributed by atoms with E-state index in [0.717, 1.165) is 12.8 Å². The normalized spacial score (nSPS) is 14.2. The minimum absolute atomic E-state index is 0. The number of nitrogens with one attached hydrogen (secondary N) is 1. The maximum absolute atomic E-state index is 13.8. The van der Waals surface area contributed by atoms with Crippen LogP contribution in [0.4, 0.5) is 15.9 Å². The average molecular weight is 387 g/mol. The molecule has 0 bridgehead atoms. The maximum Gasteiger partial charge on any atom is 0.257 e. The Morgan fingerprint density at radius 2 is 1.84 bits per heavy atom.